The summed E-state index contributed by atoms with van der Waals surface area (Å²) in [6.07, 6.45) is 15.6. The van der Waals surface area contributed by atoms with Gasteiger partial charge in [0.15, 0.2) is 0 Å². The van der Waals surface area contributed by atoms with E-state index in [1.807, 2.05) is 0 Å². The van der Waals surface area contributed by atoms with Gasteiger partial charge in [0, 0.05) is 0 Å². The van der Waals surface area contributed by atoms with Crippen molar-refractivity contribution in [2.75, 3.05) is 19.6 Å². The molecule has 0 aliphatic rings. The summed E-state index contributed by atoms with van der Waals surface area (Å²) in [5.74, 6) is 2.35. The molecule has 0 spiro atoms. The van der Waals surface area contributed by atoms with Crippen LogP contribution in [0.5, 0.6) is 0 Å². The van der Waals surface area contributed by atoms with Crippen LogP contribution in [0.2, 0.25) is 0 Å². The van der Waals surface area contributed by atoms with Gasteiger partial charge in [-0.1, -0.05) is 99.3 Å². The molecule has 192 valence electrons. The SMILES string of the molecule is CCCCC(CC)CN.CCCCC(CC)CN.CCCCC(CC)CN.OB(O)O. The van der Waals surface area contributed by atoms with Gasteiger partial charge in [0.05, 0.1) is 0 Å². The lowest BCUT2D eigenvalue weighted by molar-refractivity contribution is 0.278. The minimum absolute atomic E-state index is 0.782. The van der Waals surface area contributed by atoms with Gasteiger partial charge in [-0.3, -0.25) is 0 Å². The summed E-state index contributed by atoms with van der Waals surface area (Å²) in [4.78, 5) is 0. The fraction of sp³-hybridized carbons (Fsp3) is 1.00. The Labute approximate surface area is 195 Å². The highest BCUT2D eigenvalue weighted by Crippen LogP contribution is 2.11. The van der Waals surface area contributed by atoms with Gasteiger partial charge in [0.2, 0.25) is 0 Å². The Morgan fingerprint density at radius 2 is 0.710 bits per heavy atom. The third-order valence-electron chi connectivity index (χ3n) is 5.63. The molecule has 0 saturated heterocycles. The Morgan fingerprint density at radius 3 is 0.806 bits per heavy atom. The first kappa shape index (κ1) is 38.1. The van der Waals surface area contributed by atoms with E-state index in [1.54, 1.807) is 0 Å². The van der Waals surface area contributed by atoms with E-state index in [1.165, 1.54) is 77.0 Å². The fourth-order valence-electron chi connectivity index (χ4n) is 2.94. The fourth-order valence-corrected chi connectivity index (χ4v) is 2.94. The van der Waals surface area contributed by atoms with Crippen molar-refractivity contribution < 1.29 is 15.1 Å². The molecule has 0 aliphatic carbocycles. The number of unbranched alkanes of at least 4 members (excludes halogenated alkanes) is 3. The number of nitrogens with two attached hydrogens (primary N) is 3. The molecule has 0 heterocycles. The molecule has 0 aliphatic heterocycles. The molecule has 0 radical (unpaired) electrons. The van der Waals surface area contributed by atoms with Crippen molar-refractivity contribution in [3.63, 3.8) is 0 Å². The highest BCUT2D eigenvalue weighted by molar-refractivity contribution is 6.30. The van der Waals surface area contributed by atoms with Gasteiger partial charge < -0.3 is 32.3 Å². The van der Waals surface area contributed by atoms with Gasteiger partial charge >= 0.3 is 7.32 Å². The van der Waals surface area contributed by atoms with Crippen LogP contribution in [0.15, 0.2) is 0 Å². The van der Waals surface area contributed by atoms with Crippen LogP contribution >= 0.6 is 0 Å². The van der Waals surface area contributed by atoms with E-state index in [2.05, 4.69) is 41.5 Å². The summed E-state index contributed by atoms with van der Waals surface area (Å²) in [6, 6.07) is 0. The zero-order valence-electron chi connectivity index (χ0n) is 22.0. The zero-order valence-corrected chi connectivity index (χ0v) is 22.0. The molecule has 7 heteroatoms. The van der Waals surface area contributed by atoms with Crippen molar-refractivity contribution >= 4 is 7.32 Å². The molecule has 0 rings (SSSR count). The lowest BCUT2D eigenvalue weighted by Crippen LogP contribution is -2.12. The predicted molar refractivity (Wildman–Crippen MR) is 139 cm³/mol. The number of hydrogen-bond acceptors (Lipinski definition) is 6. The van der Waals surface area contributed by atoms with Crippen molar-refractivity contribution in [1.82, 2.24) is 0 Å². The van der Waals surface area contributed by atoms with Gasteiger partial charge in [-0.05, 0) is 56.7 Å². The summed E-state index contributed by atoms with van der Waals surface area (Å²) in [6.45, 7) is 15.9. The number of rotatable bonds is 15. The molecule has 3 atom stereocenters. The summed E-state index contributed by atoms with van der Waals surface area (Å²) in [5.41, 5.74) is 16.6. The van der Waals surface area contributed by atoms with Crippen molar-refractivity contribution in [1.29, 1.82) is 0 Å². The lowest BCUT2D eigenvalue weighted by Gasteiger charge is -2.09. The average molecular weight is 450 g/mol. The standard InChI is InChI=1S/3C8H19N.BH3O3/c3*1-3-5-6-8(4-2)7-9;2-1(3)4/h3*8H,3-7,9H2,1-2H3;2-4H. The Bertz CT molecular complexity index is 236. The minimum atomic E-state index is -2.17. The highest BCUT2D eigenvalue weighted by atomic mass is 16.5. The first-order valence-electron chi connectivity index (χ1n) is 12.9. The molecule has 0 saturated carbocycles. The Balaban J connectivity index is -0.000000162. The molecule has 0 aromatic heterocycles. The molecule has 0 bridgehead atoms. The maximum absolute atomic E-state index is 7.17. The van der Waals surface area contributed by atoms with E-state index in [9.17, 15) is 0 Å². The Kier molecular flexibility index (Phi) is 42.3. The topological polar surface area (TPSA) is 139 Å². The van der Waals surface area contributed by atoms with E-state index in [4.69, 9.17) is 32.3 Å². The van der Waals surface area contributed by atoms with Crippen LogP contribution in [0, 0.1) is 17.8 Å². The van der Waals surface area contributed by atoms with E-state index in [0.29, 0.717) is 0 Å². The number of hydrogen-bond donors (Lipinski definition) is 6. The van der Waals surface area contributed by atoms with Crippen molar-refractivity contribution in [3.8, 4) is 0 Å². The Hall–Kier alpha value is -0.175. The molecule has 0 aromatic rings. The second-order valence-corrected chi connectivity index (χ2v) is 8.30. The normalized spacial score (nSPS) is 12.8. The summed E-state index contributed by atoms with van der Waals surface area (Å²) in [7, 11) is -2.17. The zero-order chi connectivity index (χ0) is 24.9. The summed E-state index contributed by atoms with van der Waals surface area (Å²) in [5, 5.41) is 21.5. The van der Waals surface area contributed by atoms with Gasteiger partial charge in [-0.2, -0.15) is 0 Å². The second kappa shape index (κ2) is 34.4. The van der Waals surface area contributed by atoms with Gasteiger partial charge in [-0.15, -0.1) is 0 Å². The summed E-state index contributed by atoms with van der Waals surface area (Å²) < 4.78 is 0. The Morgan fingerprint density at radius 1 is 0.516 bits per heavy atom. The van der Waals surface area contributed by atoms with Gasteiger partial charge in [0.1, 0.15) is 0 Å². The first-order valence-corrected chi connectivity index (χ1v) is 12.9. The molecular weight excluding hydrogens is 389 g/mol. The largest absolute Gasteiger partial charge is 0.631 e. The maximum Gasteiger partial charge on any atom is 0.631 e. The minimum Gasteiger partial charge on any atom is -0.402 e. The monoisotopic (exact) mass is 449 g/mol. The molecule has 0 aromatic carbocycles. The molecule has 9 N–H and O–H groups in total. The van der Waals surface area contributed by atoms with Crippen molar-refractivity contribution in [2.45, 2.75) is 119 Å². The van der Waals surface area contributed by atoms with Crippen LogP contribution in [0.3, 0.4) is 0 Å². The van der Waals surface area contributed by atoms with Crippen LogP contribution in [-0.2, 0) is 0 Å². The maximum atomic E-state index is 7.17. The van der Waals surface area contributed by atoms with Crippen molar-refractivity contribution in [3.05, 3.63) is 0 Å². The molecule has 0 amide bonds. The van der Waals surface area contributed by atoms with Crippen LogP contribution in [0.25, 0.3) is 0 Å². The molecule has 6 nitrogen and oxygen atoms in total. The quantitative estimate of drug-likeness (QED) is 0.204. The van der Waals surface area contributed by atoms with Crippen LogP contribution in [0.1, 0.15) is 119 Å². The van der Waals surface area contributed by atoms with Crippen LogP contribution in [-0.4, -0.2) is 42.0 Å². The molecule has 31 heavy (non-hydrogen) atoms. The molecule has 3 unspecified atom stereocenters. The first-order chi connectivity index (χ1) is 14.8. The molecule has 0 fully saturated rings. The van der Waals surface area contributed by atoms with Crippen LogP contribution < -0.4 is 17.2 Å². The highest BCUT2D eigenvalue weighted by Gasteiger charge is 2.02. The third-order valence-corrected chi connectivity index (χ3v) is 5.63. The second-order valence-electron chi connectivity index (χ2n) is 8.30. The molecular formula is C24H60BN3O3. The van der Waals surface area contributed by atoms with E-state index >= 15 is 0 Å². The van der Waals surface area contributed by atoms with Crippen molar-refractivity contribution in [2.24, 2.45) is 35.0 Å². The summed E-state index contributed by atoms with van der Waals surface area (Å²) >= 11 is 0. The van der Waals surface area contributed by atoms with Crippen LogP contribution in [0.4, 0.5) is 0 Å². The smallest absolute Gasteiger partial charge is 0.402 e. The third kappa shape index (κ3) is 40.7. The van der Waals surface area contributed by atoms with E-state index in [0.717, 1.165) is 37.4 Å². The average Bonchev–Trinajstić information content (AvgIpc) is 2.77. The van der Waals surface area contributed by atoms with Gasteiger partial charge in [0.25, 0.3) is 0 Å². The lowest BCUT2D eigenvalue weighted by atomic mass is 10.00. The predicted octanol–water partition coefficient (Wildman–Crippen LogP) is 4.43. The van der Waals surface area contributed by atoms with E-state index < -0.39 is 7.32 Å². The van der Waals surface area contributed by atoms with E-state index in [-0.39, 0.29) is 0 Å². The van der Waals surface area contributed by atoms with Gasteiger partial charge in [-0.25, -0.2) is 0 Å².